The molecule has 0 unspecified atom stereocenters. The van der Waals surface area contributed by atoms with E-state index in [2.05, 4.69) is 27.0 Å². The normalized spacial score (nSPS) is 12.0. The maximum atomic E-state index is 5.36. The Morgan fingerprint density at radius 2 is 2.00 bits per heavy atom. The Kier molecular flexibility index (Phi) is 6.06. The first kappa shape index (κ1) is 11.3. The Hall–Kier alpha value is 0.310. The largest absolute Gasteiger partial charge is 0.375 e. The van der Waals surface area contributed by atoms with Crippen LogP contribution in [0.4, 0.5) is 0 Å². The van der Waals surface area contributed by atoms with Crippen molar-refractivity contribution in [2.24, 2.45) is 5.41 Å². The fourth-order valence-corrected chi connectivity index (χ4v) is 0.890. The molecule has 0 N–H and O–H groups in total. The van der Waals surface area contributed by atoms with Crippen molar-refractivity contribution in [1.82, 2.24) is 0 Å². The van der Waals surface area contributed by atoms with Crippen LogP contribution >= 0.6 is 11.8 Å². The second kappa shape index (κ2) is 5.90. The summed E-state index contributed by atoms with van der Waals surface area (Å²) in [6.45, 7) is 9.27. The lowest BCUT2D eigenvalue weighted by Gasteiger charge is -2.17. The monoisotopic (exact) mass is 175 g/mol. The fraction of sp³-hybridized carbons (Fsp3) is 0.889. The summed E-state index contributed by atoms with van der Waals surface area (Å²) in [5.41, 5.74) is 0.288. The van der Waals surface area contributed by atoms with E-state index in [9.17, 15) is 0 Å². The van der Waals surface area contributed by atoms with Crippen LogP contribution in [0.25, 0.3) is 0 Å². The number of hydrogen-bond acceptors (Lipinski definition) is 2. The lowest BCUT2D eigenvalue weighted by atomic mass is 9.99. The van der Waals surface area contributed by atoms with Crippen molar-refractivity contribution < 1.29 is 4.74 Å². The highest BCUT2D eigenvalue weighted by Crippen LogP contribution is 2.13. The number of ether oxygens (including phenoxy) is 1. The minimum Gasteiger partial charge on any atom is -0.375 e. The molecule has 0 heterocycles. The predicted molar refractivity (Wildman–Crippen MR) is 52.7 cm³/mol. The summed E-state index contributed by atoms with van der Waals surface area (Å²) >= 11 is 1.85. The first-order valence-corrected chi connectivity index (χ1v) is 5.38. The van der Waals surface area contributed by atoms with Crippen LogP contribution in [-0.4, -0.2) is 18.6 Å². The van der Waals surface area contributed by atoms with E-state index in [4.69, 9.17) is 4.74 Å². The van der Waals surface area contributed by atoms with Gasteiger partial charge in [-0.15, -0.1) is 0 Å². The van der Waals surface area contributed by atoms with Gasteiger partial charge in [0.05, 0.1) is 13.2 Å². The van der Waals surface area contributed by atoms with Gasteiger partial charge >= 0.3 is 0 Å². The molecule has 0 rings (SSSR count). The van der Waals surface area contributed by atoms with Gasteiger partial charge < -0.3 is 4.74 Å². The van der Waals surface area contributed by atoms with Crippen molar-refractivity contribution in [1.29, 1.82) is 0 Å². The van der Waals surface area contributed by atoms with E-state index in [-0.39, 0.29) is 5.41 Å². The zero-order valence-electron chi connectivity index (χ0n) is 8.02. The lowest BCUT2D eigenvalue weighted by molar-refractivity contribution is 0.115. The summed E-state index contributed by atoms with van der Waals surface area (Å²) in [6, 6.07) is 0. The third kappa shape index (κ3) is 10.3. The number of hydrogen-bond donors (Lipinski definition) is 0. The van der Waals surface area contributed by atoms with Crippen LogP contribution in [0.5, 0.6) is 0 Å². The van der Waals surface area contributed by atoms with Crippen molar-refractivity contribution in [2.45, 2.75) is 27.2 Å². The molecule has 0 saturated heterocycles. The smallest absolute Gasteiger partial charge is 0.0845 e. The van der Waals surface area contributed by atoms with Crippen molar-refractivity contribution in [2.75, 3.05) is 18.6 Å². The van der Waals surface area contributed by atoms with Gasteiger partial charge in [-0.05, 0) is 23.8 Å². The van der Waals surface area contributed by atoms with Gasteiger partial charge in [-0.25, -0.2) is 0 Å². The Morgan fingerprint density at radius 3 is 2.45 bits per heavy atom. The predicted octanol–water partition coefficient (Wildman–Crippen LogP) is 2.96. The van der Waals surface area contributed by atoms with Gasteiger partial charge in [0.1, 0.15) is 0 Å². The summed E-state index contributed by atoms with van der Waals surface area (Å²) < 4.78 is 5.36. The Labute approximate surface area is 74.9 Å². The van der Waals surface area contributed by atoms with Crippen molar-refractivity contribution in [3.8, 4) is 0 Å². The SMILES string of the molecule is CSCC[CH]OCC(C)(C)C. The molecule has 67 valence electrons. The zero-order chi connectivity index (χ0) is 8.74. The fourth-order valence-electron chi connectivity index (χ4n) is 0.558. The summed E-state index contributed by atoms with van der Waals surface area (Å²) in [5, 5.41) is 0. The molecule has 0 saturated carbocycles. The number of thioether (sulfide) groups is 1. The summed E-state index contributed by atoms with van der Waals surface area (Å²) in [5.74, 6) is 1.16. The topological polar surface area (TPSA) is 9.23 Å². The third-order valence-corrected chi connectivity index (χ3v) is 1.72. The third-order valence-electron chi connectivity index (χ3n) is 1.07. The molecule has 0 aromatic heterocycles. The van der Waals surface area contributed by atoms with E-state index < -0.39 is 0 Å². The molecule has 0 atom stereocenters. The highest BCUT2D eigenvalue weighted by molar-refractivity contribution is 7.98. The molecular formula is C9H19OS. The van der Waals surface area contributed by atoms with Gasteiger partial charge in [-0.1, -0.05) is 20.8 Å². The minimum atomic E-state index is 0.288. The molecule has 0 aromatic carbocycles. The Balaban J connectivity index is 3.02. The molecule has 0 aliphatic carbocycles. The molecule has 0 aliphatic rings. The van der Waals surface area contributed by atoms with Crippen LogP contribution in [-0.2, 0) is 4.74 Å². The van der Waals surface area contributed by atoms with Crippen LogP contribution in [0.2, 0.25) is 0 Å². The quantitative estimate of drug-likeness (QED) is 0.594. The molecule has 1 nitrogen and oxygen atoms in total. The standard InChI is InChI=1S/C9H19OS/c1-9(2,3)8-10-6-5-7-11-4/h6H,5,7-8H2,1-4H3. The molecule has 11 heavy (non-hydrogen) atoms. The zero-order valence-corrected chi connectivity index (χ0v) is 8.83. The van der Waals surface area contributed by atoms with E-state index in [0.29, 0.717) is 0 Å². The van der Waals surface area contributed by atoms with Crippen LogP contribution < -0.4 is 0 Å². The molecule has 2 heteroatoms. The number of rotatable bonds is 5. The maximum Gasteiger partial charge on any atom is 0.0845 e. The Bertz CT molecular complexity index is 86.1. The minimum absolute atomic E-state index is 0.288. The van der Waals surface area contributed by atoms with E-state index in [1.165, 1.54) is 0 Å². The van der Waals surface area contributed by atoms with Crippen molar-refractivity contribution in [3.63, 3.8) is 0 Å². The lowest BCUT2D eigenvalue weighted by Crippen LogP contribution is -2.13. The van der Waals surface area contributed by atoms with Crippen LogP contribution in [0.15, 0.2) is 0 Å². The molecule has 0 aliphatic heterocycles. The average molecular weight is 175 g/mol. The van der Waals surface area contributed by atoms with E-state index >= 15 is 0 Å². The highest BCUT2D eigenvalue weighted by Gasteiger charge is 2.09. The molecular weight excluding hydrogens is 156 g/mol. The van der Waals surface area contributed by atoms with Gasteiger partial charge in [0.2, 0.25) is 0 Å². The molecule has 1 radical (unpaired) electrons. The van der Waals surface area contributed by atoms with Crippen LogP contribution in [0.1, 0.15) is 27.2 Å². The maximum absolute atomic E-state index is 5.36. The van der Waals surface area contributed by atoms with E-state index in [1.807, 2.05) is 18.4 Å². The van der Waals surface area contributed by atoms with Crippen LogP contribution in [0.3, 0.4) is 0 Å². The average Bonchev–Trinajstić information content (AvgIpc) is 1.85. The summed E-state index contributed by atoms with van der Waals surface area (Å²) in [6.07, 6.45) is 3.16. The summed E-state index contributed by atoms with van der Waals surface area (Å²) in [4.78, 5) is 0. The highest BCUT2D eigenvalue weighted by atomic mass is 32.2. The van der Waals surface area contributed by atoms with Crippen LogP contribution in [0, 0.1) is 12.0 Å². The van der Waals surface area contributed by atoms with Gasteiger partial charge in [0.15, 0.2) is 0 Å². The van der Waals surface area contributed by atoms with E-state index in [0.717, 1.165) is 18.8 Å². The molecule has 0 bridgehead atoms. The first-order chi connectivity index (χ1) is 5.06. The van der Waals surface area contributed by atoms with Gasteiger partial charge in [-0.2, -0.15) is 11.8 Å². The van der Waals surface area contributed by atoms with Gasteiger partial charge in [0.25, 0.3) is 0 Å². The molecule has 0 spiro atoms. The van der Waals surface area contributed by atoms with Crippen molar-refractivity contribution >= 4 is 11.8 Å². The second-order valence-electron chi connectivity index (χ2n) is 3.82. The van der Waals surface area contributed by atoms with E-state index in [1.54, 1.807) is 0 Å². The molecule has 0 aromatic rings. The first-order valence-electron chi connectivity index (χ1n) is 3.98. The van der Waals surface area contributed by atoms with Gasteiger partial charge in [0, 0.05) is 0 Å². The second-order valence-corrected chi connectivity index (χ2v) is 4.81. The van der Waals surface area contributed by atoms with Crippen molar-refractivity contribution in [3.05, 3.63) is 6.61 Å². The summed E-state index contributed by atoms with van der Waals surface area (Å²) in [7, 11) is 0. The molecule has 0 amide bonds. The molecule has 0 fully saturated rings. The Morgan fingerprint density at radius 1 is 1.36 bits per heavy atom. The van der Waals surface area contributed by atoms with Gasteiger partial charge in [-0.3, -0.25) is 0 Å².